The lowest BCUT2D eigenvalue weighted by Gasteiger charge is -2.27. The fourth-order valence-corrected chi connectivity index (χ4v) is 2.02. The van der Waals surface area contributed by atoms with Crippen LogP contribution in [0.1, 0.15) is 36.6 Å². The zero-order valence-electron chi connectivity index (χ0n) is 9.21. The second-order valence-corrected chi connectivity index (χ2v) is 4.27. The van der Waals surface area contributed by atoms with Gasteiger partial charge in [-0.15, -0.1) is 5.10 Å². The first-order valence-corrected chi connectivity index (χ1v) is 5.67. The predicted molar refractivity (Wildman–Crippen MR) is 57.6 cm³/mol. The summed E-state index contributed by atoms with van der Waals surface area (Å²) in [5.74, 6) is 0.472. The van der Waals surface area contributed by atoms with Gasteiger partial charge in [0.15, 0.2) is 0 Å². The number of rotatable bonds is 5. The molecule has 0 amide bonds. The number of nitrogens with two attached hydrogens (primary N) is 1. The van der Waals surface area contributed by atoms with Gasteiger partial charge in [0.1, 0.15) is 0 Å². The molecule has 0 saturated heterocycles. The van der Waals surface area contributed by atoms with Crippen LogP contribution in [-0.4, -0.2) is 37.9 Å². The summed E-state index contributed by atoms with van der Waals surface area (Å²) >= 11 is 0. The zero-order valence-corrected chi connectivity index (χ0v) is 9.21. The van der Waals surface area contributed by atoms with Crippen molar-refractivity contribution in [3.63, 3.8) is 0 Å². The molecule has 6 heteroatoms. The van der Waals surface area contributed by atoms with Crippen molar-refractivity contribution in [3.8, 4) is 0 Å². The first-order valence-electron chi connectivity index (χ1n) is 5.67. The van der Waals surface area contributed by atoms with Gasteiger partial charge >= 0.3 is 0 Å². The third-order valence-electron chi connectivity index (χ3n) is 3.13. The smallest absolute Gasteiger partial charge is 0.0997 e. The molecular formula is C10H18N4O2. The topological polar surface area (TPSA) is 97.2 Å². The third-order valence-corrected chi connectivity index (χ3v) is 3.13. The van der Waals surface area contributed by atoms with E-state index in [2.05, 4.69) is 10.3 Å². The Labute approximate surface area is 94.1 Å². The van der Waals surface area contributed by atoms with Gasteiger partial charge in [-0.2, -0.15) is 0 Å². The Morgan fingerprint density at radius 3 is 2.75 bits per heavy atom. The molecule has 1 saturated carbocycles. The summed E-state index contributed by atoms with van der Waals surface area (Å²) < 4.78 is 1.69. The van der Waals surface area contributed by atoms with Gasteiger partial charge in [0.05, 0.1) is 30.6 Å². The molecule has 6 nitrogen and oxygen atoms in total. The van der Waals surface area contributed by atoms with E-state index in [1.54, 1.807) is 4.68 Å². The zero-order chi connectivity index (χ0) is 11.5. The van der Waals surface area contributed by atoms with Crippen LogP contribution in [-0.2, 0) is 13.1 Å². The van der Waals surface area contributed by atoms with Crippen LogP contribution in [0, 0.1) is 0 Å². The number of nitrogens with zero attached hydrogens (tertiary/aromatic N) is 3. The maximum atomic E-state index is 9.42. The molecule has 4 N–H and O–H groups in total. The molecule has 0 radical (unpaired) electrons. The van der Waals surface area contributed by atoms with E-state index >= 15 is 0 Å². The number of aliphatic hydroxyl groups is 2. The van der Waals surface area contributed by atoms with Crippen LogP contribution in [0.25, 0.3) is 0 Å². The van der Waals surface area contributed by atoms with E-state index in [1.165, 1.54) is 6.42 Å². The molecule has 1 unspecified atom stereocenters. The van der Waals surface area contributed by atoms with Crippen LogP contribution in [0.5, 0.6) is 0 Å². The summed E-state index contributed by atoms with van der Waals surface area (Å²) in [7, 11) is 0. The van der Waals surface area contributed by atoms with Gasteiger partial charge in [0.2, 0.25) is 0 Å². The van der Waals surface area contributed by atoms with Crippen molar-refractivity contribution in [2.75, 3.05) is 6.61 Å². The first kappa shape index (κ1) is 11.5. The minimum Gasteiger partial charge on any atom is -0.394 e. The van der Waals surface area contributed by atoms with Crippen molar-refractivity contribution >= 4 is 0 Å². The Bertz CT molecular complexity index is 349. The highest BCUT2D eigenvalue weighted by Gasteiger charge is 2.27. The molecule has 0 spiro atoms. The van der Waals surface area contributed by atoms with Gasteiger partial charge in [-0.05, 0) is 12.8 Å². The van der Waals surface area contributed by atoms with Crippen LogP contribution < -0.4 is 5.73 Å². The summed E-state index contributed by atoms with van der Waals surface area (Å²) in [4.78, 5) is 0. The molecular weight excluding hydrogens is 208 g/mol. The Hall–Kier alpha value is -0.980. The number of aromatic nitrogens is 3. The Balaban J connectivity index is 2.19. The fourth-order valence-electron chi connectivity index (χ4n) is 2.02. The second-order valence-electron chi connectivity index (χ2n) is 4.27. The van der Waals surface area contributed by atoms with Crippen molar-refractivity contribution < 1.29 is 10.2 Å². The minimum atomic E-state index is -0.786. The maximum Gasteiger partial charge on any atom is 0.0997 e. The molecule has 2 rings (SSSR count). The molecule has 90 valence electrons. The van der Waals surface area contributed by atoms with Gasteiger partial charge in [0, 0.05) is 12.5 Å². The summed E-state index contributed by atoms with van der Waals surface area (Å²) in [5, 5.41) is 26.3. The van der Waals surface area contributed by atoms with E-state index in [-0.39, 0.29) is 13.2 Å². The van der Waals surface area contributed by atoms with Crippen molar-refractivity contribution in [1.82, 2.24) is 15.0 Å². The fraction of sp³-hybridized carbons (Fsp3) is 0.800. The first-order chi connectivity index (χ1) is 7.76. The molecule has 16 heavy (non-hydrogen) atoms. The van der Waals surface area contributed by atoms with Gasteiger partial charge in [-0.25, -0.2) is 4.68 Å². The van der Waals surface area contributed by atoms with E-state index in [0.29, 0.717) is 12.5 Å². The van der Waals surface area contributed by atoms with Gasteiger partial charge < -0.3 is 15.9 Å². The molecule has 1 aliphatic rings. The highest BCUT2D eigenvalue weighted by Crippen LogP contribution is 2.37. The van der Waals surface area contributed by atoms with Crippen LogP contribution in [0.2, 0.25) is 0 Å². The SMILES string of the molecule is NCc1nnn(CC(O)CO)c1C1CCC1. The standard InChI is InChI=1S/C10H18N4O2/c11-4-9-10(7-2-1-3-7)14(13-12-9)5-8(16)6-15/h7-8,15-16H,1-6,11H2. The van der Waals surface area contributed by atoms with Crippen LogP contribution in [0.15, 0.2) is 0 Å². The van der Waals surface area contributed by atoms with Gasteiger partial charge in [-0.1, -0.05) is 11.6 Å². The summed E-state index contributed by atoms with van der Waals surface area (Å²) in [6, 6.07) is 0. The van der Waals surface area contributed by atoms with Crippen LogP contribution in [0.4, 0.5) is 0 Å². The Kier molecular flexibility index (Phi) is 3.52. The minimum absolute atomic E-state index is 0.262. The van der Waals surface area contributed by atoms with Crippen LogP contribution >= 0.6 is 0 Å². The quantitative estimate of drug-likeness (QED) is 0.620. The van der Waals surface area contributed by atoms with Crippen LogP contribution in [0.3, 0.4) is 0 Å². The number of hydrogen-bond donors (Lipinski definition) is 3. The van der Waals surface area contributed by atoms with E-state index in [0.717, 1.165) is 24.2 Å². The number of hydrogen-bond acceptors (Lipinski definition) is 5. The van der Waals surface area contributed by atoms with E-state index in [9.17, 15) is 5.11 Å². The number of aliphatic hydroxyl groups excluding tert-OH is 2. The molecule has 0 bridgehead atoms. The Morgan fingerprint density at radius 1 is 1.50 bits per heavy atom. The molecule has 1 fully saturated rings. The lowest BCUT2D eigenvalue weighted by molar-refractivity contribution is 0.0763. The van der Waals surface area contributed by atoms with Crippen molar-refractivity contribution in [1.29, 1.82) is 0 Å². The monoisotopic (exact) mass is 226 g/mol. The average molecular weight is 226 g/mol. The van der Waals surface area contributed by atoms with E-state index in [4.69, 9.17) is 10.8 Å². The lowest BCUT2D eigenvalue weighted by Crippen LogP contribution is -2.25. The second kappa shape index (κ2) is 4.90. The summed E-state index contributed by atoms with van der Waals surface area (Å²) in [6.07, 6.45) is 2.71. The Morgan fingerprint density at radius 2 is 2.25 bits per heavy atom. The largest absolute Gasteiger partial charge is 0.394 e. The van der Waals surface area contributed by atoms with Gasteiger partial charge in [-0.3, -0.25) is 0 Å². The molecule has 0 aromatic carbocycles. The molecule has 1 aromatic rings. The molecule has 1 heterocycles. The summed E-state index contributed by atoms with van der Waals surface area (Å²) in [6.45, 7) is 0.401. The highest BCUT2D eigenvalue weighted by molar-refractivity contribution is 5.18. The normalized spacial score (nSPS) is 18.4. The maximum absolute atomic E-state index is 9.42. The predicted octanol–water partition coefficient (Wildman–Crippen LogP) is -0.643. The molecule has 1 aliphatic carbocycles. The van der Waals surface area contributed by atoms with E-state index < -0.39 is 6.10 Å². The average Bonchev–Trinajstić information content (AvgIpc) is 2.59. The molecule has 0 aliphatic heterocycles. The highest BCUT2D eigenvalue weighted by atomic mass is 16.3. The van der Waals surface area contributed by atoms with E-state index in [1.807, 2.05) is 0 Å². The molecule has 1 atom stereocenters. The molecule has 1 aromatic heterocycles. The lowest BCUT2D eigenvalue weighted by atomic mass is 9.82. The van der Waals surface area contributed by atoms with Gasteiger partial charge in [0.25, 0.3) is 0 Å². The summed E-state index contributed by atoms with van der Waals surface area (Å²) in [5.41, 5.74) is 7.47. The van der Waals surface area contributed by atoms with Crippen molar-refractivity contribution in [3.05, 3.63) is 11.4 Å². The van der Waals surface area contributed by atoms with Crippen molar-refractivity contribution in [2.24, 2.45) is 5.73 Å². The third kappa shape index (κ3) is 2.09. The van der Waals surface area contributed by atoms with Crippen molar-refractivity contribution in [2.45, 2.75) is 44.4 Å².